The SMILES string of the molecule is O=C(O)/C(Cl)=N/O. The van der Waals surface area contributed by atoms with Crippen LogP contribution in [0.1, 0.15) is 0 Å². The van der Waals surface area contributed by atoms with E-state index in [9.17, 15) is 4.79 Å². The van der Waals surface area contributed by atoms with Gasteiger partial charge in [-0.05, 0) is 0 Å². The lowest BCUT2D eigenvalue weighted by Gasteiger charge is -1.78. The minimum absolute atomic E-state index is 0.833. The Balaban J connectivity index is 3.82. The summed E-state index contributed by atoms with van der Waals surface area (Å²) in [7, 11) is 0. The summed E-state index contributed by atoms with van der Waals surface area (Å²) in [4.78, 5) is 9.51. The minimum Gasteiger partial charge on any atom is -0.476 e. The summed E-state index contributed by atoms with van der Waals surface area (Å²) in [6.07, 6.45) is 0. The lowest BCUT2D eigenvalue weighted by molar-refractivity contribution is -0.129. The lowest BCUT2D eigenvalue weighted by atomic mass is 10.8. The van der Waals surface area contributed by atoms with E-state index < -0.39 is 11.1 Å². The summed E-state index contributed by atoms with van der Waals surface area (Å²) in [5.74, 6) is -1.44. The van der Waals surface area contributed by atoms with Crippen molar-refractivity contribution in [1.82, 2.24) is 0 Å². The van der Waals surface area contributed by atoms with Crippen molar-refractivity contribution in [3.05, 3.63) is 0 Å². The van der Waals surface area contributed by atoms with Gasteiger partial charge in [-0.1, -0.05) is 16.8 Å². The molecule has 7 heavy (non-hydrogen) atoms. The van der Waals surface area contributed by atoms with Gasteiger partial charge >= 0.3 is 5.97 Å². The summed E-state index contributed by atoms with van der Waals surface area (Å²) >= 11 is 4.70. The minimum atomic E-state index is -1.44. The van der Waals surface area contributed by atoms with Gasteiger partial charge in [-0.2, -0.15) is 0 Å². The molecule has 0 bridgehead atoms. The molecule has 0 aliphatic rings. The van der Waals surface area contributed by atoms with Gasteiger partial charge in [0.05, 0.1) is 0 Å². The lowest BCUT2D eigenvalue weighted by Crippen LogP contribution is -2.03. The Hall–Kier alpha value is -0.770. The van der Waals surface area contributed by atoms with Crippen molar-refractivity contribution in [1.29, 1.82) is 0 Å². The fourth-order valence-electron chi connectivity index (χ4n) is 0.0428. The molecule has 0 saturated carbocycles. The molecule has 40 valence electrons. The predicted molar refractivity (Wildman–Crippen MR) is 22.7 cm³/mol. The molecule has 5 heteroatoms. The predicted octanol–water partition coefficient (Wildman–Crippen LogP) is 0.0975. The Morgan fingerprint density at radius 1 is 1.71 bits per heavy atom. The maximum absolute atomic E-state index is 9.51. The second-order valence-corrected chi connectivity index (χ2v) is 1.05. The quantitative estimate of drug-likeness (QED) is 0.295. The first-order chi connectivity index (χ1) is 3.18. The monoisotopic (exact) mass is 123 g/mol. The molecule has 0 atom stereocenters. The highest BCUT2D eigenvalue weighted by molar-refractivity contribution is 6.81. The number of carbonyl (C=O) groups is 1. The second-order valence-electron chi connectivity index (χ2n) is 0.696. The highest BCUT2D eigenvalue weighted by Crippen LogP contribution is 1.80. The van der Waals surface area contributed by atoms with Gasteiger partial charge in [0.1, 0.15) is 0 Å². The van der Waals surface area contributed by atoms with Crippen molar-refractivity contribution in [2.24, 2.45) is 5.16 Å². The third-order valence-corrected chi connectivity index (χ3v) is 0.502. The van der Waals surface area contributed by atoms with Crippen LogP contribution in [-0.2, 0) is 4.79 Å². The zero-order valence-electron chi connectivity index (χ0n) is 3.13. The van der Waals surface area contributed by atoms with Gasteiger partial charge in [0.15, 0.2) is 0 Å². The molecule has 2 N–H and O–H groups in total. The number of oxime groups is 1. The first-order valence-electron chi connectivity index (χ1n) is 1.29. The van der Waals surface area contributed by atoms with Crippen molar-refractivity contribution >= 4 is 22.7 Å². The van der Waals surface area contributed by atoms with Crippen LogP contribution in [0.2, 0.25) is 0 Å². The van der Waals surface area contributed by atoms with Gasteiger partial charge in [0, 0.05) is 0 Å². The van der Waals surface area contributed by atoms with Crippen LogP contribution in [0.15, 0.2) is 5.16 Å². The molecule has 0 aliphatic heterocycles. The zero-order valence-corrected chi connectivity index (χ0v) is 3.88. The molecule has 0 amide bonds. The van der Waals surface area contributed by atoms with E-state index in [0.717, 1.165) is 0 Å². The topological polar surface area (TPSA) is 69.9 Å². The standard InChI is InChI=1S/C2H2ClNO3/c3-1(4-7)2(5)6/h7H,(H,5,6)/b4-1-. The number of carboxylic acid groups (broad SMARTS) is 1. The molecule has 0 spiro atoms. The van der Waals surface area contributed by atoms with E-state index in [4.69, 9.17) is 21.9 Å². The van der Waals surface area contributed by atoms with Crippen molar-refractivity contribution in [3.63, 3.8) is 0 Å². The van der Waals surface area contributed by atoms with Crippen molar-refractivity contribution < 1.29 is 15.1 Å². The van der Waals surface area contributed by atoms with Crippen LogP contribution in [0.4, 0.5) is 0 Å². The van der Waals surface area contributed by atoms with Gasteiger partial charge in [0.2, 0.25) is 0 Å². The van der Waals surface area contributed by atoms with Gasteiger partial charge in [-0.15, -0.1) is 0 Å². The van der Waals surface area contributed by atoms with E-state index in [1.165, 1.54) is 0 Å². The first-order valence-corrected chi connectivity index (χ1v) is 1.67. The maximum Gasteiger partial charge on any atom is 0.369 e. The average molecular weight is 123 g/mol. The van der Waals surface area contributed by atoms with Crippen LogP contribution >= 0.6 is 11.6 Å². The molecular formula is C2H2ClNO3. The van der Waals surface area contributed by atoms with Crippen LogP contribution in [0.25, 0.3) is 0 Å². The molecule has 0 saturated heterocycles. The normalized spacial score (nSPS) is 11.3. The summed E-state index contributed by atoms with van der Waals surface area (Å²) in [5, 5.41) is 16.7. The van der Waals surface area contributed by atoms with Crippen molar-refractivity contribution in [2.75, 3.05) is 0 Å². The Morgan fingerprint density at radius 3 is 2.14 bits per heavy atom. The van der Waals surface area contributed by atoms with Gasteiger partial charge in [0.25, 0.3) is 5.17 Å². The van der Waals surface area contributed by atoms with E-state index in [0.29, 0.717) is 0 Å². The average Bonchev–Trinajstić information content (AvgIpc) is 1.65. The zero-order chi connectivity index (χ0) is 5.86. The third kappa shape index (κ3) is 1.99. The number of hydrogen-bond acceptors (Lipinski definition) is 3. The molecule has 0 unspecified atom stereocenters. The summed E-state index contributed by atoms with van der Waals surface area (Å²) < 4.78 is 0. The summed E-state index contributed by atoms with van der Waals surface area (Å²) in [5.41, 5.74) is 0. The van der Waals surface area contributed by atoms with Crippen LogP contribution in [0.3, 0.4) is 0 Å². The Labute approximate surface area is 44.0 Å². The molecule has 0 aromatic carbocycles. The molecule has 0 radical (unpaired) electrons. The number of nitrogens with zero attached hydrogens (tertiary/aromatic N) is 1. The summed E-state index contributed by atoms with van der Waals surface area (Å²) in [6, 6.07) is 0. The highest BCUT2D eigenvalue weighted by Gasteiger charge is 2.02. The fraction of sp³-hybridized carbons (Fsp3) is 0. The molecule has 4 nitrogen and oxygen atoms in total. The summed E-state index contributed by atoms with van der Waals surface area (Å²) in [6.45, 7) is 0. The van der Waals surface area contributed by atoms with Crippen molar-refractivity contribution in [3.8, 4) is 0 Å². The van der Waals surface area contributed by atoms with E-state index in [1.54, 1.807) is 0 Å². The van der Waals surface area contributed by atoms with Crippen LogP contribution < -0.4 is 0 Å². The van der Waals surface area contributed by atoms with Gasteiger partial charge in [-0.25, -0.2) is 4.79 Å². The Kier molecular flexibility index (Phi) is 2.15. The number of hydrogen-bond donors (Lipinski definition) is 2. The third-order valence-electron chi connectivity index (χ3n) is 0.264. The van der Waals surface area contributed by atoms with Crippen LogP contribution in [0.5, 0.6) is 0 Å². The molecule has 0 aliphatic carbocycles. The highest BCUT2D eigenvalue weighted by atomic mass is 35.5. The van der Waals surface area contributed by atoms with E-state index >= 15 is 0 Å². The number of aliphatic carboxylic acids is 1. The molecule has 0 aromatic rings. The molecule has 0 heterocycles. The first kappa shape index (κ1) is 6.23. The van der Waals surface area contributed by atoms with Gasteiger partial charge < -0.3 is 10.3 Å². The molecule has 0 rings (SSSR count). The largest absolute Gasteiger partial charge is 0.476 e. The maximum atomic E-state index is 9.51. The van der Waals surface area contributed by atoms with Crippen LogP contribution in [-0.4, -0.2) is 21.5 Å². The second kappa shape index (κ2) is 2.41. The van der Waals surface area contributed by atoms with Crippen molar-refractivity contribution in [2.45, 2.75) is 0 Å². The molecule has 0 fully saturated rings. The van der Waals surface area contributed by atoms with E-state index in [1.807, 2.05) is 0 Å². The molecule has 0 aromatic heterocycles. The smallest absolute Gasteiger partial charge is 0.369 e. The Morgan fingerprint density at radius 2 is 2.14 bits per heavy atom. The number of halogens is 1. The van der Waals surface area contributed by atoms with E-state index in [-0.39, 0.29) is 0 Å². The Bertz CT molecular complexity index is 110. The van der Waals surface area contributed by atoms with E-state index in [2.05, 4.69) is 5.16 Å². The van der Waals surface area contributed by atoms with Crippen LogP contribution in [0, 0.1) is 0 Å². The van der Waals surface area contributed by atoms with Gasteiger partial charge in [-0.3, -0.25) is 0 Å². The number of rotatable bonds is 1. The fourth-order valence-corrected chi connectivity index (χ4v) is 0.0428. The molecular weight excluding hydrogens is 121 g/mol. The number of carboxylic acids is 1.